The first-order valence-electron chi connectivity index (χ1n) is 7.15. The molecular formula is C16H15Cl2N3OS. The SMILES string of the molecule is CCn1nccc1CN(C)C(=O)c1sc2cc(Cl)ccc2c1Cl. The number of aryl methyl sites for hydroxylation is 1. The third kappa shape index (κ3) is 3.09. The van der Waals surface area contributed by atoms with Crippen LogP contribution < -0.4 is 0 Å². The second-order valence-electron chi connectivity index (χ2n) is 5.19. The summed E-state index contributed by atoms with van der Waals surface area (Å²) in [5.74, 6) is -0.101. The lowest BCUT2D eigenvalue weighted by molar-refractivity contribution is 0.0786. The third-order valence-corrected chi connectivity index (χ3v) is 5.52. The molecule has 1 aromatic carbocycles. The van der Waals surface area contributed by atoms with Crippen LogP contribution in [-0.4, -0.2) is 27.6 Å². The molecule has 23 heavy (non-hydrogen) atoms. The number of fused-ring (bicyclic) bond motifs is 1. The van der Waals surface area contributed by atoms with Crippen LogP contribution in [0.3, 0.4) is 0 Å². The molecular weight excluding hydrogens is 353 g/mol. The normalized spacial score (nSPS) is 11.1. The lowest BCUT2D eigenvalue weighted by Gasteiger charge is -2.17. The number of halogens is 2. The van der Waals surface area contributed by atoms with Gasteiger partial charge in [-0.15, -0.1) is 11.3 Å². The zero-order chi connectivity index (χ0) is 16.6. The van der Waals surface area contributed by atoms with Gasteiger partial charge in [-0.3, -0.25) is 9.48 Å². The molecule has 120 valence electrons. The first-order chi connectivity index (χ1) is 11.0. The molecule has 0 unspecified atom stereocenters. The Morgan fingerprint density at radius 2 is 2.13 bits per heavy atom. The van der Waals surface area contributed by atoms with E-state index in [1.165, 1.54) is 11.3 Å². The van der Waals surface area contributed by atoms with Crippen LogP contribution >= 0.6 is 34.5 Å². The summed E-state index contributed by atoms with van der Waals surface area (Å²) in [6.45, 7) is 3.27. The van der Waals surface area contributed by atoms with E-state index in [0.29, 0.717) is 21.5 Å². The Labute approximate surface area is 148 Å². The van der Waals surface area contributed by atoms with E-state index in [-0.39, 0.29) is 5.91 Å². The van der Waals surface area contributed by atoms with E-state index in [4.69, 9.17) is 23.2 Å². The lowest BCUT2D eigenvalue weighted by atomic mass is 10.2. The molecule has 0 atom stereocenters. The standard InChI is InChI=1S/C16H15Cl2N3OS/c1-3-21-11(6-7-19-21)9-20(2)16(22)15-14(18)12-5-4-10(17)8-13(12)23-15/h4-8H,3,9H2,1-2H3. The maximum Gasteiger partial charge on any atom is 0.265 e. The van der Waals surface area contributed by atoms with E-state index < -0.39 is 0 Å². The Hall–Kier alpha value is -1.56. The summed E-state index contributed by atoms with van der Waals surface area (Å²) in [7, 11) is 1.77. The van der Waals surface area contributed by atoms with Gasteiger partial charge in [-0.2, -0.15) is 5.10 Å². The molecule has 1 amide bonds. The van der Waals surface area contributed by atoms with E-state index in [0.717, 1.165) is 22.3 Å². The van der Waals surface area contributed by atoms with Gasteiger partial charge in [0, 0.05) is 34.9 Å². The minimum absolute atomic E-state index is 0.101. The number of hydrogen-bond acceptors (Lipinski definition) is 3. The topological polar surface area (TPSA) is 38.1 Å². The molecule has 0 spiro atoms. The fourth-order valence-electron chi connectivity index (χ4n) is 2.44. The molecule has 3 aromatic rings. The van der Waals surface area contributed by atoms with Crippen molar-refractivity contribution < 1.29 is 4.79 Å². The summed E-state index contributed by atoms with van der Waals surface area (Å²) in [4.78, 5) is 14.9. The van der Waals surface area contributed by atoms with Crippen molar-refractivity contribution in [1.29, 1.82) is 0 Å². The fraction of sp³-hybridized carbons (Fsp3) is 0.250. The first-order valence-corrected chi connectivity index (χ1v) is 8.72. The predicted octanol–water partition coefficient (Wildman–Crippen LogP) is 4.70. The Bertz CT molecular complexity index is 871. The molecule has 3 rings (SSSR count). The predicted molar refractivity (Wildman–Crippen MR) is 95.5 cm³/mol. The zero-order valence-electron chi connectivity index (χ0n) is 12.7. The van der Waals surface area contributed by atoms with E-state index in [9.17, 15) is 4.79 Å². The molecule has 0 N–H and O–H groups in total. The minimum atomic E-state index is -0.101. The molecule has 0 saturated heterocycles. The molecule has 4 nitrogen and oxygen atoms in total. The number of rotatable bonds is 4. The summed E-state index contributed by atoms with van der Waals surface area (Å²) < 4.78 is 2.79. The van der Waals surface area contributed by atoms with Crippen LogP contribution in [0.1, 0.15) is 22.3 Å². The third-order valence-electron chi connectivity index (χ3n) is 3.64. The highest BCUT2D eigenvalue weighted by atomic mass is 35.5. The van der Waals surface area contributed by atoms with Crippen molar-refractivity contribution in [3.05, 3.63) is 51.1 Å². The maximum atomic E-state index is 12.7. The van der Waals surface area contributed by atoms with Crippen LogP contribution in [0, 0.1) is 0 Å². The van der Waals surface area contributed by atoms with Crippen LogP contribution in [0.2, 0.25) is 10.0 Å². The number of benzene rings is 1. The number of hydrogen-bond donors (Lipinski definition) is 0. The van der Waals surface area contributed by atoms with Gasteiger partial charge in [0.2, 0.25) is 0 Å². The molecule has 7 heteroatoms. The molecule has 2 heterocycles. The largest absolute Gasteiger partial charge is 0.335 e. The van der Waals surface area contributed by atoms with Crippen LogP contribution in [0.4, 0.5) is 0 Å². The number of thiophene rings is 1. The molecule has 0 aliphatic rings. The Kier molecular flexibility index (Phi) is 4.62. The van der Waals surface area contributed by atoms with Gasteiger partial charge in [-0.25, -0.2) is 0 Å². The summed E-state index contributed by atoms with van der Waals surface area (Å²) in [5.41, 5.74) is 0.989. The summed E-state index contributed by atoms with van der Waals surface area (Å²) in [5, 5.41) is 6.20. The highest BCUT2D eigenvalue weighted by Gasteiger charge is 2.21. The van der Waals surface area contributed by atoms with Crippen molar-refractivity contribution in [1.82, 2.24) is 14.7 Å². The van der Waals surface area contributed by atoms with E-state index in [2.05, 4.69) is 5.10 Å². The second kappa shape index (κ2) is 6.51. The second-order valence-corrected chi connectivity index (χ2v) is 7.05. The fourth-order valence-corrected chi connectivity index (χ4v) is 4.23. The van der Waals surface area contributed by atoms with Gasteiger partial charge >= 0.3 is 0 Å². The molecule has 0 radical (unpaired) electrons. The Morgan fingerprint density at radius 1 is 1.35 bits per heavy atom. The van der Waals surface area contributed by atoms with Crippen molar-refractivity contribution >= 4 is 50.5 Å². The highest BCUT2D eigenvalue weighted by molar-refractivity contribution is 7.21. The van der Waals surface area contributed by atoms with Gasteiger partial charge < -0.3 is 4.90 Å². The molecule has 0 bridgehead atoms. The van der Waals surface area contributed by atoms with Gasteiger partial charge in [0.25, 0.3) is 5.91 Å². The number of aromatic nitrogens is 2. The van der Waals surface area contributed by atoms with Crippen molar-refractivity contribution in [2.75, 3.05) is 7.05 Å². The first kappa shape index (κ1) is 16.3. The molecule has 0 aliphatic carbocycles. The van der Waals surface area contributed by atoms with Gasteiger partial charge in [-0.1, -0.05) is 29.3 Å². The van der Waals surface area contributed by atoms with E-state index >= 15 is 0 Å². The van der Waals surface area contributed by atoms with E-state index in [1.54, 1.807) is 24.2 Å². The Balaban J connectivity index is 1.89. The van der Waals surface area contributed by atoms with Gasteiger partial charge in [0.1, 0.15) is 4.88 Å². The average molecular weight is 368 g/mol. The number of carbonyl (C=O) groups excluding carboxylic acids is 1. The van der Waals surface area contributed by atoms with Gasteiger partial charge in [-0.05, 0) is 25.1 Å². The zero-order valence-corrected chi connectivity index (χ0v) is 15.0. The van der Waals surface area contributed by atoms with E-state index in [1.807, 2.05) is 29.8 Å². The summed E-state index contributed by atoms with van der Waals surface area (Å²) in [6.07, 6.45) is 1.74. The average Bonchev–Trinajstić information content (AvgIpc) is 3.10. The molecule has 2 aromatic heterocycles. The number of amides is 1. The van der Waals surface area contributed by atoms with Crippen molar-refractivity contribution in [3.63, 3.8) is 0 Å². The summed E-state index contributed by atoms with van der Waals surface area (Å²) in [6, 6.07) is 7.37. The number of carbonyl (C=O) groups is 1. The van der Waals surface area contributed by atoms with Crippen LogP contribution in [0.25, 0.3) is 10.1 Å². The molecule has 0 saturated carbocycles. The lowest BCUT2D eigenvalue weighted by Crippen LogP contribution is -2.27. The van der Waals surface area contributed by atoms with Crippen molar-refractivity contribution in [3.8, 4) is 0 Å². The molecule has 0 fully saturated rings. The van der Waals surface area contributed by atoms with Crippen molar-refractivity contribution in [2.45, 2.75) is 20.0 Å². The minimum Gasteiger partial charge on any atom is -0.335 e. The highest BCUT2D eigenvalue weighted by Crippen LogP contribution is 2.37. The van der Waals surface area contributed by atoms with Crippen LogP contribution in [0.15, 0.2) is 30.5 Å². The summed E-state index contributed by atoms with van der Waals surface area (Å²) >= 11 is 13.8. The van der Waals surface area contributed by atoms with Gasteiger partial charge in [0.05, 0.1) is 17.3 Å². The quantitative estimate of drug-likeness (QED) is 0.670. The van der Waals surface area contributed by atoms with Gasteiger partial charge in [0.15, 0.2) is 0 Å². The van der Waals surface area contributed by atoms with Crippen LogP contribution in [0.5, 0.6) is 0 Å². The number of nitrogens with zero attached hydrogens (tertiary/aromatic N) is 3. The maximum absolute atomic E-state index is 12.7. The Morgan fingerprint density at radius 3 is 2.87 bits per heavy atom. The smallest absolute Gasteiger partial charge is 0.265 e. The molecule has 0 aliphatic heterocycles. The van der Waals surface area contributed by atoms with Crippen molar-refractivity contribution in [2.24, 2.45) is 0 Å². The monoisotopic (exact) mass is 367 g/mol. The van der Waals surface area contributed by atoms with Crippen LogP contribution in [-0.2, 0) is 13.1 Å².